The molecule has 7 heteroatoms. The maximum Gasteiger partial charge on any atom is 0.263 e. The molecular formula is C15H8NO4S2-. The van der Waals surface area contributed by atoms with Crippen molar-refractivity contribution in [2.75, 3.05) is 0 Å². The molecule has 0 spiro atoms. The Hall–Kier alpha value is -2.38. The van der Waals surface area contributed by atoms with Crippen LogP contribution >= 0.6 is 24.0 Å². The third-order valence-corrected chi connectivity index (χ3v) is 4.12. The summed E-state index contributed by atoms with van der Waals surface area (Å²) < 4.78 is 6.00. The maximum atomic E-state index is 11.6. The average molecular weight is 330 g/mol. The van der Waals surface area contributed by atoms with Gasteiger partial charge in [0.15, 0.2) is 0 Å². The van der Waals surface area contributed by atoms with E-state index in [-0.39, 0.29) is 11.5 Å². The van der Waals surface area contributed by atoms with Crippen LogP contribution in [0.15, 0.2) is 45.7 Å². The molecule has 3 rings (SSSR count). The predicted molar refractivity (Wildman–Crippen MR) is 84.8 cm³/mol. The van der Waals surface area contributed by atoms with Gasteiger partial charge in [-0.3, -0.25) is 4.79 Å². The molecule has 110 valence electrons. The Kier molecular flexibility index (Phi) is 3.82. The van der Waals surface area contributed by atoms with Crippen molar-refractivity contribution in [3.8, 4) is 11.3 Å². The summed E-state index contributed by atoms with van der Waals surface area (Å²) in [5.74, 6) is -0.728. The van der Waals surface area contributed by atoms with E-state index in [4.69, 9.17) is 16.6 Å². The second-order valence-corrected chi connectivity index (χ2v) is 6.11. The van der Waals surface area contributed by atoms with Crippen molar-refractivity contribution in [1.82, 2.24) is 5.32 Å². The van der Waals surface area contributed by atoms with Crippen LogP contribution in [-0.4, -0.2) is 16.2 Å². The van der Waals surface area contributed by atoms with E-state index in [1.54, 1.807) is 36.4 Å². The van der Waals surface area contributed by atoms with Crippen molar-refractivity contribution < 1.29 is 19.1 Å². The topological polar surface area (TPSA) is 82.4 Å². The number of carboxylic acids is 1. The van der Waals surface area contributed by atoms with Crippen molar-refractivity contribution in [1.29, 1.82) is 0 Å². The Bertz CT molecular complexity index is 822. The normalized spacial score (nSPS) is 16.1. The summed E-state index contributed by atoms with van der Waals surface area (Å²) in [6.07, 6.45) is 1.56. The fourth-order valence-electron chi connectivity index (χ4n) is 2.00. The highest BCUT2D eigenvalue weighted by atomic mass is 32.2. The van der Waals surface area contributed by atoms with E-state index in [9.17, 15) is 14.7 Å². The van der Waals surface area contributed by atoms with Crippen molar-refractivity contribution >= 4 is 46.3 Å². The molecular weight excluding hydrogens is 322 g/mol. The highest BCUT2D eigenvalue weighted by Crippen LogP contribution is 2.29. The van der Waals surface area contributed by atoms with Crippen LogP contribution < -0.4 is 10.4 Å². The molecule has 1 aromatic carbocycles. The van der Waals surface area contributed by atoms with Gasteiger partial charge in [0.2, 0.25) is 0 Å². The first kappa shape index (κ1) is 14.6. The van der Waals surface area contributed by atoms with Gasteiger partial charge < -0.3 is 19.6 Å². The Morgan fingerprint density at radius 1 is 1.27 bits per heavy atom. The van der Waals surface area contributed by atoms with Crippen molar-refractivity contribution in [2.24, 2.45) is 0 Å². The first-order chi connectivity index (χ1) is 10.5. The molecule has 0 bridgehead atoms. The third-order valence-electron chi connectivity index (χ3n) is 2.95. The van der Waals surface area contributed by atoms with E-state index in [2.05, 4.69) is 5.32 Å². The van der Waals surface area contributed by atoms with E-state index < -0.39 is 5.97 Å². The quantitative estimate of drug-likeness (QED) is 0.682. The molecule has 1 aliphatic rings. The molecule has 1 amide bonds. The molecule has 0 aliphatic carbocycles. The van der Waals surface area contributed by atoms with Crippen LogP contribution in [0.25, 0.3) is 17.4 Å². The number of amides is 1. The number of furan rings is 1. The zero-order chi connectivity index (χ0) is 15.7. The van der Waals surface area contributed by atoms with Gasteiger partial charge in [-0.05, 0) is 12.1 Å². The standard InChI is InChI=1S/C15H9NO4S2/c17-13-12(22-15(21)16-13)7-8-5-6-11(20-8)9-3-1-2-4-10(9)14(18)19/h1-7H,(H,18,19)(H,16,17,21)/p-1/b12-7+. The fraction of sp³-hybridized carbons (Fsp3) is 0. The molecule has 0 atom stereocenters. The first-order valence-electron chi connectivity index (χ1n) is 6.20. The van der Waals surface area contributed by atoms with E-state index in [1.807, 2.05) is 0 Å². The van der Waals surface area contributed by atoms with Crippen LogP contribution in [-0.2, 0) is 4.79 Å². The Morgan fingerprint density at radius 3 is 2.73 bits per heavy atom. The van der Waals surface area contributed by atoms with Crippen molar-refractivity contribution in [2.45, 2.75) is 0 Å². The lowest BCUT2D eigenvalue weighted by Gasteiger charge is -2.07. The number of hydrogen-bond acceptors (Lipinski definition) is 6. The van der Waals surface area contributed by atoms with E-state index in [1.165, 1.54) is 6.07 Å². The Labute approximate surface area is 135 Å². The van der Waals surface area contributed by atoms with Gasteiger partial charge in [-0.15, -0.1) is 0 Å². The summed E-state index contributed by atoms with van der Waals surface area (Å²) in [7, 11) is 0. The van der Waals surface area contributed by atoms with Gasteiger partial charge in [0.25, 0.3) is 5.91 Å². The minimum absolute atomic E-state index is 0.0465. The van der Waals surface area contributed by atoms with Crippen molar-refractivity contribution in [3.05, 3.63) is 52.6 Å². The number of hydrogen-bond donors (Lipinski definition) is 1. The molecule has 22 heavy (non-hydrogen) atoms. The number of carbonyl (C=O) groups is 2. The van der Waals surface area contributed by atoms with Crippen molar-refractivity contribution in [3.63, 3.8) is 0 Å². The molecule has 2 aromatic rings. The largest absolute Gasteiger partial charge is 0.545 e. The van der Waals surface area contributed by atoms with Gasteiger partial charge >= 0.3 is 0 Å². The number of carboxylic acid groups (broad SMARTS) is 1. The fourth-order valence-corrected chi connectivity index (χ4v) is 3.03. The highest BCUT2D eigenvalue weighted by molar-refractivity contribution is 8.26. The molecule has 1 fully saturated rings. The summed E-state index contributed by atoms with van der Waals surface area (Å²) >= 11 is 6.05. The number of nitrogens with one attached hydrogen (secondary N) is 1. The summed E-state index contributed by atoms with van der Waals surface area (Å²) in [6.45, 7) is 0. The van der Waals surface area contributed by atoms with Gasteiger partial charge in [0, 0.05) is 17.2 Å². The highest BCUT2D eigenvalue weighted by Gasteiger charge is 2.22. The second-order valence-electron chi connectivity index (χ2n) is 4.39. The van der Waals surface area contributed by atoms with Gasteiger partial charge in [-0.25, -0.2) is 0 Å². The van der Waals surface area contributed by atoms with Crippen LogP contribution in [0.5, 0.6) is 0 Å². The number of thiocarbonyl (C=S) groups is 1. The molecule has 1 aromatic heterocycles. The summed E-state index contributed by atoms with van der Waals surface area (Å²) in [4.78, 5) is 23.1. The average Bonchev–Trinajstić information content (AvgIpc) is 3.06. The number of thioether (sulfide) groups is 1. The molecule has 5 nitrogen and oxygen atoms in total. The molecule has 1 aliphatic heterocycles. The molecule has 0 unspecified atom stereocenters. The molecule has 1 N–H and O–H groups in total. The first-order valence-corrected chi connectivity index (χ1v) is 7.42. The third kappa shape index (κ3) is 2.81. The smallest absolute Gasteiger partial charge is 0.263 e. The number of benzene rings is 1. The molecule has 0 radical (unpaired) electrons. The van der Waals surface area contributed by atoms with E-state index in [0.717, 1.165) is 11.8 Å². The predicted octanol–water partition coefficient (Wildman–Crippen LogP) is 1.80. The monoisotopic (exact) mass is 330 g/mol. The second kappa shape index (κ2) is 5.78. The minimum atomic E-state index is -1.28. The van der Waals surface area contributed by atoms with Crippen LogP contribution in [0.1, 0.15) is 16.1 Å². The SMILES string of the molecule is O=C1NC(=S)S/C1=C/c1ccc(-c2ccccc2C(=O)[O-])o1. The number of carbonyl (C=O) groups excluding carboxylic acids is 2. The Balaban J connectivity index is 1.95. The zero-order valence-corrected chi connectivity index (χ0v) is 12.6. The molecule has 1 saturated heterocycles. The summed E-state index contributed by atoms with van der Waals surface area (Å²) in [5.41, 5.74) is 0.469. The number of rotatable bonds is 3. The van der Waals surface area contributed by atoms with E-state index >= 15 is 0 Å². The minimum Gasteiger partial charge on any atom is -0.545 e. The van der Waals surface area contributed by atoms with E-state index in [0.29, 0.717) is 26.3 Å². The Morgan fingerprint density at radius 2 is 2.05 bits per heavy atom. The lowest BCUT2D eigenvalue weighted by molar-refractivity contribution is -0.254. The number of aromatic carboxylic acids is 1. The van der Waals surface area contributed by atoms with Gasteiger partial charge in [-0.2, -0.15) is 0 Å². The van der Waals surface area contributed by atoms with Crippen LogP contribution in [0.3, 0.4) is 0 Å². The summed E-state index contributed by atoms with van der Waals surface area (Å²) in [6, 6.07) is 9.70. The lowest BCUT2D eigenvalue weighted by Crippen LogP contribution is -2.22. The lowest BCUT2D eigenvalue weighted by atomic mass is 10.1. The molecule has 2 heterocycles. The summed E-state index contributed by atoms with van der Waals surface area (Å²) in [5, 5.41) is 13.6. The van der Waals surface area contributed by atoms with Crippen LogP contribution in [0.2, 0.25) is 0 Å². The van der Waals surface area contributed by atoms with Crippen LogP contribution in [0, 0.1) is 0 Å². The van der Waals surface area contributed by atoms with Crippen LogP contribution in [0.4, 0.5) is 0 Å². The van der Waals surface area contributed by atoms with Gasteiger partial charge in [0.1, 0.15) is 15.8 Å². The maximum absolute atomic E-state index is 11.6. The van der Waals surface area contributed by atoms with Gasteiger partial charge in [-0.1, -0.05) is 48.2 Å². The van der Waals surface area contributed by atoms with Gasteiger partial charge in [0.05, 0.1) is 10.9 Å². The molecule has 0 saturated carbocycles. The zero-order valence-electron chi connectivity index (χ0n) is 11.0.